The largest absolute Gasteiger partial charge is 0.496 e. The van der Waals surface area contributed by atoms with Crippen molar-refractivity contribution >= 4 is 40.9 Å². The summed E-state index contributed by atoms with van der Waals surface area (Å²) in [6, 6.07) is 13.1. The third-order valence-electron chi connectivity index (χ3n) is 3.15. The average Bonchev–Trinajstić information content (AvgIpc) is 2.56. The first-order valence-corrected chi connectivity index (χ1v) is 8.91. The molecule has 2 rings (SSSR count). The maximum atomic E-state index is 11.9. The fourth-order valence-electron chi connectivity index (χ4n) is 1.98. The summed E-state index contributed by atoms with van der Waals surface area (Å²) in [5.74, 6) is 1.85. The number of benzene rings is 2. The van der Waals surface area contributed by atoms with E-state index in [1.54, 1.807) is 13.2 Å². The molecule has 0 aliphatic carbocycles. The number of carbonyl (C=O) groups excluding carboxylic acids is 1. The topological polar surface area (TPSA) is 38.3 Å². The summed E-state index contributed by atoms with van der Waals surface area (Å²) in [5.41, 5.74) is 2.00. The van der Waals surface area contributed by atoms with Gasteiger partial charge in [-0.3, -0.25) is 4.79 Å². The van der Waals surface area contributed by atoms with E-state index in [2.05, 4.69) is 5.32 Å². The smallest absolute Gasteiger partial charge is 0.230 e. The van der Waals surface area contributed by atoms with Crippen molar-refractivity contribution in [2.75, 3.05) is 12.9 Å². The molecule has 2 aromatic rings. The number of hydrogen-bond acceptors (Lipinski definition) is 3. The first-order chi connectivity index (χ1) is 11.1. The minimum Gasteiger partial charge on any atom is -0.496 e. The molecular weight excluding hydrogens is 353 g/mol. The summed E-state index contributed by atoms with van der Waals surface area (Å²) in [4.78, 5) is 11.9. The highest BCUT2D eigenvalue weighted by Crippen LogP contribution is 2.24. The molecule has 0 atom stereocenters. The Morgan fingerprint density at radius 3 is 2.70 bits per heavy atom. The van der Waals surface area contributed by atoms with Gasteiger partial charge in [-0.25, -0.2) is 0 Å². The Balaban J connectivity index is 1.76. The van der Waals surface area contributed by atoms with Gasteiger partial charge in [0.2, 0.25) is 5.91 Å². The lowest BCUT2D eigenvalue weighted by atomic mass is 10.2. The number of nitrogens with one attached hydrogen (secondary N) is 1. The summed E-state index contributed by atoms with van der Waals surface area (Å²) >= 11 is 13.4. The molecule has 2 aromatic carbocycles. The van der Waals surface area contributed by atoms with E-state index in [0.29, 0.717) is 28.1 Å². The summed E-state index contributed by atoms with van der Waals surface area (Å²) < 4.78 is 5.26. The Hall–Kier alpha value is -1.36. The number of amides is 1. The van der Waals surface area contributed by atoms with Crippen molar-refractivity contribution in [2.24, 2.45) is 0 Å². The molecule has 0 spiro atoms. The second-order valence-corrected chi connectivity index (χ2v) is 6.63. The van der Waals surface area contributed by atoms with Crippen molar-refractivity contribution in [1.29, 1.82) is 0 Å². The van der Waals surface area contributed by atoms with Gasteiger partial charge in [-0.15, -0.1) is 11.8 Å². The molecule has 0 aliphatic rings. The Morgan fingerprint density at radius 2 is 1.96 bits per heavy atom. The van der Waals surface area contributed by atoms with Gasteiger partial charge in [-0.1, -0.05) is 47.5 Å². The lowest BCUT2D eigenvalue weighted by molar-refractivity contribution is -0.118. The SMILES string of the molecule is COc1ccccc1CNC(=O)CSCc1ccc(Cl)c(Cl)c1. The first-order valence-electron chi connectivity index (χ1n) is 7.00. The molecule has 1 amide bonds. The molecule has 23 heavy (non-hydrogen) atoms. The predicted molar refractivity (Wildman–Crippen MR) is 97.5 cm³/mol. The van der Waals surface area contributed by atoms with Gasteiger partial charge in [0.1, 0.15) is 5.75 Å². The minimum atomic E-state index is -0.0130. The zero-order valence-electron chi connectivity index (χ0n) is 12.6. The van der Waals surface area contributed by atoms with E-state index in [4.69, 9.17) is 27.9 Å². The third-order valence-corrected chi connectivity index (χ3v) is 4.90. The van der Waals surface area contributed by atoms with Gasteiger partial charge >= 0.3 is 0 Å². The number of para-hydroxylation sites is 1. The molecule has 0 bridgehead atoms. The van der Waals surface area contributed by atoms with Gasteiger partial charge < -0.3 is 10.1 Å². The Morgan fingerprint density at radius 1 is 1.17 bits per heavy atom. The first kappa shape index (κ1) is 18.0. The van der Waals surface area contributed by atoms with Crippen LogP contribution in [0.2, 0.25) is 10.0 Å². The molecule has 0 radical (unpaired) electrons. The van der Waals surface area contributed by atoms with Gasteiger partial charge in [0.25, 0.3) is 0 Å². The summed E-state index contributed by atoms with van der Waals surface area (Å²) in [7, 11) is 1.62. The third kappa shape index (κ3) is 5.65. The van der Waals surface area contributed by atoms with Crippen LogP contribution in [0.25, 0.3) is 0 Å². The molecule has 6 heteroatoms. The summed E-state index contributed by atoms with van der Waals surface area (Å²) in [6.45, 7) is 0.455. The predicted octanol–water partition coefficient (Wildman–Crippen LogP) is 4.55. The van der Waals surface area contributed by atoms with Gasteiger partial charge in [-0.05, 0) is 23.8 Å². The van der Waals surface area contributed by atoms with E-state index < -0.39 is 0 Å². The van der Waals surface area contributed by atoms with Crippen molar-refractivity contribution in [3.8, 4) is 5.75 Å². The monoisotopic (exact) mass is 369 g/mol. The highest BCUT2D eigenvalue weighted by Gasteiger charge is 2.06. The highest BCUT2D eigenvalue weighted by atomic mass is 35.5. The van der Waals surface area contributed by atoms with E-state index in [-0.39, 0.29) is 5.91 Å². The van der Waals surface area contributed by atoms with E-state index in [9.17, 15) is 4.79 Å². The van der Waals surface area contributed by atoms with Gasteiger partial charge in [-0.2, -0.15) is 0 Å². The lowest BCUT2D eigenvalue weighted by Crippen LogP contribution is -2.24. The molecule has 0 unspecified atom stereocenters. The normalized spacial score (nSPS) is 10.4. The van der Waals surface area contributed by atoms with E-state index in [0.717, 1.165) is 16.9 Å². The molecule has 1 N–H and O–H groups in total. The average molecular weight is 370 g/mol. The van der Waals surface area contributed by atoms with Crippen LogP contribution < -0.4 is 10.1 Å². The number of carbonyl (C=O) groups is 1. The van der Waals surface area contributed by atoms with E-state index in [1.165, 1.54) is 11.8 Å². The Labute approximate surface area is 150 Å². The second-order valence-electron chi connectivity index (χ2n) is 4.83. The fourth-order valence-corrected chi connectivity index (χ4v) is 3.11. The number of methoxy groups -OCH3 is 1. The maximum absolute atomic E-state index is 11.9. The molecule has 0 heterocycles. The van der Waals surface area contributed by atoms with Gasteiger partial charge in [0.05, 0.1) is 22.9 Å². The van der Waals surface area contributed by atoms with Gasteiger partial charge in [0, 0.05) is 17.9 Å². The van der Waals surface area contributed by atoms with Crippen molar-refractivity contribution in [2.45, 2.75) is 12.3 Å². The number of hydrogen-bond donors (Lipinski definition) is 1. The van der Waals surface area contributed by atoms with Crippen molar-refractivity contribution in [1.82, 2.24) is 5.32 Å². The van der Waals surface area contributed by atoms with Gasteiger partial charge in [0.15, 0.2) is 0 Å². The zero-order chi connectivity index (χ0) is 16.7. The molecule has 0 aliphatic heterocycles. The van der Waals surface area contributed by atoms with Crippen LogP contribution in [0.5, 0.6) is 5.75 Å². The maximum Gasteiger partial charge on any atom is 0.230 e. The second kappa shape index (κ2) is 9.06. The van der Waals surface area contributed by atoms with E-state index >= 15 is 0 Å². The Kier molecular flexibility index (Phi) is 7.09. The number of halogens is 2. The van der Waals surface area contributed by atoms with Crippen LogP contribution in [-0.4, -0.2) is 18.8 Å². The van der Waals surface area contributed by atoms with Crippen molar-refractivity contribution in [3.63, 3.8) is 0 Å². The van der Waals surface area contributed by atoms with E-state index in [1.807, 2.05) is 36.4 Å². The molecule has 0 aromatic heterocycles. The number of thioether (sulfide) groups is 1. The van der Waals surface area contributed by atoms with Crippen LogP contribution in [0.15, 0.2) is 42.5 Å². The summed E-state index contributed by atoms with van der Waals surface area (Å²) in [6.07, 6.45) is 0. The van der Waals surface area contributed by atoms with Crippen LogP contribution in [0.3, 0.4) is 0 Å². The van der Waals surface area contributed by atoms with Crippen molar-refractivity contribution in [3.05, 3.63) is 63.6 Å². The zero-order valence-corrected chi connectivity index (χ0v) is 15.0. The molecular formula is C17H17Cl2NO2S. The van der Waals surface area contributed by atoms with Crippen LogP contribution in [0, 0.1) is 0 Å². The molecule has 0 saturated carbocycles. The minimum absolute atomic E-state index is 0.0130. The fraction of sp³-hybridized carbons (Fsp3) is 0.235. The standard InChI is InChI=1S/C17H17Cl2NO2S/c1-22-16-5-3-2-4-13(16)9-20-17(21)11-23-10-12-6-7-14(18)15(19)8-12/h2-8H,9-11H2,1H3,(H,20,21). The number of ether oxygens (including phenoxy) is 1. The van der Waals surface area contributed by atoms with Crippen LogP contribution in [0.4, 0.5) is 0 Å². The van der Waals surface area contributed by atoms with Crippen molar-refractivity contribution < 1.29 is 9.53 Å². The number of rotatable bonds is 7. The van der Waals surface area contributed by atoms with Crippen LogP contribution in [-0.2, 0) is 17.1 Å². The quantitative estimate of drug-likeness (QED) is 0.777. The lowest BCUT2D eigenvalue weighted by Gasteiger charge is -2.09. The molecule has 122 valence electrons. The molecule has 0 fully saturated rings. The molecule has 0 saturated heterocycles. The van der Waals surface area contributed by atoms with Crippen LogP contribution in [0.1, 0.15) is 11.1 Å². The van der Waals surface area contributed by atoms with Crippen LogP contribution >= 0.6 is 35.0 Å². The summed E-state index contributed by atoms with van der Waals surface area (Å²) in [5, 5.41) is 3.96. The molecule has 3 nitrogen and oxygen atoms in total. The Bertz CT molecular complexity index is 679. The highest BCUT2D eigenvalue weighted by molar-refractivity contribution is 7.99.